The molecule has 0 saturated carbocycles. The molecule has 0 aromatic heterocycles. The van der Waals surface area contributed by atoms with Gasteiger partial charge >= 0.3 is 12.1 Å². The number of hydrogen-bond donors (Lipinski definition) is 4. The number of carbonyl (C=O) groups is 2. The molecule has 0 unspecified atom stereocenters. The van der Waals surface area contributed by atoms with E-state index >= 15 is 0 Å². The Morgan fingerprint density at radius 1 is 0.667 bits per heavy atom. The summed E-state index contributed by atoms with van der Waals surface area (Å²) in [4.78, 5) is 23.3. The van der Waals surface area contributed by atoms with E-state index in [0.717, 1.165) is 7.14 Å². The molecule has 24 heavy (non-hydrogen) atoms. The van der Waals surface area contributed by atoms with Crippen LogP contribution in [-0.2, 0) is 0 Å². The first kappa shape index (κ1) is 18.5. The normalized spacial score (nSPS) is 10.2. The second kappa shape index (κ2) is 9.47. The van der Waals surface area contributed by atoms with Crippen LogP contribution >= 0.6 is 45.2 Å². The summed E-state index contributed by atoms with van der Waals surface area (Å²) in [6.45, 7) is 0. The van der Waals surface area contributed by atoms with Crippen LogP contribution < -0.4 is 21.3 Å². The van der Waals surface area contributed by atoms with Crippen molar-refractivity contribution in [1.82, 2.24) is 10.6 Å². The molecule has 0 aliphatic rings. The molecule has 0 aliphatic heterocycles. The standard InChI is InChI=1S/C16H14I2N4O2/c17-11-1-5-13(6-2-11)21-15(23)19-9-10-20-16(24)22-14-7-3-12(18)4-8-14/h1-10H,(H2,19,21,23)(H2,20,22,24)/b10-9+. The Morgan fingerprint density at radius 2 is 1.00 bits per heavy atom. The number of anilines is 2. The van der Waals surface area contributed by atoms with Gasteiger partial charge in [0.05, 0.1) is 0 Å². The summed E-state index contributed by atoms with van der Waals surface area (Å²) >= 11 is 4.37. The highest BCUT2D eigenvalue weighted by Gasteiger charge is 2.00. The quantitative estimate of drug-likeness (QED) is 0.430. The first-order valence-electron chi connectivity index (χ1n) is 6.84. The maximum Gasteiger partial charge on any atom is 0.323 e. The lowest BCUT2D eigenvalue weighted by Crippen LogP contribution is -2.27. The molecule has 0 aliphatic carbocycles. The van der Waals surface area contributed by atoms with E-state index in [2.05, 4.69) is 66.4 Å². The number of amides is 4. The fraction of sp³-hybridized carbons (Fsp3) is 0. The fourth-order valence-corrected chi connectivity index (χ4v) is 2.35. The highest BCUT2D eigenvalue weighted by atomic mass is 127. The molecular formula is C16H14I2N4O2. The second-order valence-electron chi connectivity index (χ2n) is 4.54. The van der Waals surface area contributed by atoms with Crippen LogP contribution in [0.15, 0.2) is 60.9 Å². The summed E-state index contributed by atoms with van der Waals surface area (Å²) in [5.74, 6) is 0. The summed E-state index contributed by atoms with van der Waals surface area (Å²) in [5, 5.41) is 10.3. The Bertz CT molecular complexity index is 667. The van der Waals surface area contributed by atoms with Gasteiger partial charge in [0.15, 0.2) is 0 Å². The number of carbonyl (C=O) groups excluding carboxylic acids is 2. The van der Waals surface area contributed by atoms with Crippen LogP contribution in [0.4, 0.5) is 21.0 Å². The number of urea groups is 2. The van der Waals surface area contributed by atoms with Crippen molar-refractivity contribution in [2.45, 2.75) is 0 Å². The monoisotopic (exact) mass is 548 g/mol. The Balaban J connectivity index is 1.71. The highest BCUT2D eigenvalue weighted by molar-refractivity contribution is 14.1. The van der Waals surface area contributed by atoms with E-state index in [1.165, 1.54) is 12.4 Å². The molecule has 0 saturated heterocycles. The lowest BCUT2D eigenvalue weighted by atomic mass is 10.3. The molecule has 6 nitrogen and oxygen atoms in total. The molecule has 4 amide bonds. The molecule has 2 aromatic carbocycles. The third-order valence-electron chi connectivity index (χ3n) is 2.72. The van der Waals surface area contributed by atoms with Crippen molar-refractivity contribution >= 4 is 68.6 Å². The molecular weight excluding hydrogens is 534 g/mol. The average molecular weight is 548 g/mol. The number of rotatable bonds is 4. The lowest BCUT2D eigenvalue weighted by Gasteiger charge is -2.05. The number of hydrogen-bond acceptors (Lipinski definition) is 2. The molecule has 0 heterocycles. The van der Waals surface area contributed by atoms with Gasteiger partial charge in [-0.3, -0.25) is 0 Å². The summed E-state index contributed by atoms with van der Waals surface area (Å²) in [6.07, 6.45) is 2.69. The predicted octanol–water partition coefficient (Wildman–Crippen LogP) is 4.31. The van der Waals surface area contributed by atoms with Gasteiger partial charge in [0.25, 0.3) is 0 Å². The second-order valence-corrected chi connectivity index (χ2v) is 7.04. The van der Waals surface area contributed by atoms with Crippen molar-refractivity contribution < 1.29 is 9.59 Å². The van der Waals surface area contributed by atoms with E-state index < -0.39 is 12.1 Å². The van der Waals surface area contributed by atoms with Crippen LogP contribution in [0.5, 0.6) is 0 Å². The Kier molecular flexibility index (Phi) is 7.31. The largest absolute Gasteiger partial charge is 0.323 e. The fourth-order valence-electron chi connectivity index (χ4n) is 1.64. The Morgan fingerprint density at radius 3 is 1.33 bits per heavy atom. The maximum atomic E-state index is 11.7. The van der Waals surface area contributed by atoms with Gasteiger partial charge in [0.1, 0.15) is 0 Å². The zero-order valence-electron chi connectivity index (χ0n) is 12.3. The van der Waals surface area contributed by atoms with Crippen LogP contribution in [0.1, 0.15) is 0 Å². The number of halogens is 2. The molecule has 0 atom stereocenters. The average Bonchev–Trinajstić information content (AvgIpc) is 2.56. The van der Waals surface area contributed by atoms with Gasteiger partial charge in [-0.15, -0.1) is 0 Å². The van der Waals surface area contributed by atoms with Crippen molar-refractivity contribution in [3.63, 3.8) is 0 Å². The SMILES string of the molecule is O=C(N/C=C/NC(=O)Nc1ccc(I)cc1)Nc1ccc(I)cc1. The van der Waals surface area contributed by atoms with Crippen LogP contribution in [0.3, 0.4) is 0 Å². The molecule has 4 N–H and O–H groups in total. The Labute approximate surface area is 166 Å². The van der Waals surface area contributed by atoms with Crippen LogP contribution in [0.25, 0.3) is 0 Å². The maximum absolute atomic E-state index is 11.7. The zero-order valence-corrected chi connectivity index (χ0v) is 16.7. The minimum atomic E-state index is -0.396. The van der Waals surface area contributed by atoms with Crippen LogP contribution in [0.2, 0.25) is 0 Å². The predicted molar refractivity (Wildman–Crippen MR) is 112 cm³/mol. The lowest BCUT2D eigenvalue weighted by molar-refractivity contribution is 0.253. The van der Waals surface area contributed by atoms with Gasteiger partial charge in [0.2, 0.25) is 0 Å². The van der Waals surface area contributed by atoms with Gasteiger partial charge in [-0.25, -0.2) is 9.59 Å². The van der Waals surface area contributed by atoms with Crippen molar-refractivity contribution in [3.8, 4) is 0 Å². The summed E-state index contributed by atoms with van der Waals surface area (Å²) < 4.78 is 2.17. The zero-order chi connectivity index (χ0) is 17.4. The smallest absolute Gasteiger partial charge is 0.313 e. The third kappa shape index (κ3) is 6.74. The van der Waals surface area contributed by atoms with Crippen molar-refractivity contribution in [1.29, 1.82) is 0 Å². The third-order valence-corrected chi connectivity index (χ3v) is 4.15. The number of nitrogens with one attached hydrogen (secondary N) is 4. The van der Waals surface area contributed by atoms with E-state index in [1.807, 2.05) is 24.3 Å². The van der Waals surface area contributed by atoms with Crippen molar-refractivity contribution in [2.75, 3.05) is 10.6 Å². The number of benzene rings is 2. The van der Waals surface area contributed by atoms with Gasteiger partial charge in [-0.05, 0) is 93.7 Å². The van der Waals surface area contributed by atoms with Gasteiger partial charge < -0.3 is 21.3 Å². The minimum Gasteiger partial charge on any atom is -0.313 e. The van der Waals surface area contributed by atoms with Crippen molar-refractivity contribution in [3.05, 3.63) is 68.1 Å². The minimum absolute atomic E-state index is 0.396. The van der Waals surface area contributed by atoms with E-state index in [-0.39, 0.29) is 0 Å². The Hall–Kier alpha value is -1.82. The van der Waals surface area contributed by atoms with E-state index in [4.69, 9.17) is 0 Å². The van der Waals surface area contributed by atoms with E-state index in [0.29, 0.717) is 11.4 Å². The van der Waals surface area contributed by atoms with Crippen LogP contribution in [0, 0.1) is 7.14 Å². The molecule has 0 spiro atoms. The van der Waals surface area contributed by atoms with Gasteiger partial charge in [-0.2, -0.15) is 0 Å². The van der Waals surface area contributed by atoms with Gasteiger partial charge in [0, 0.05) is 30.9 Å². The first-order valence-corrected chi connectivity index (χ1v) is 9.00. The molecule has 2 aromatic rings. The highest BCUT2D eigenvalue weighted by Crippen LogP contribution is 2.11. The first-order chi connectivity index (χ1) is 11.5. The topological polar surface area (TPSA) is 82.3 Å². The molecule has 0 fully saturated rings. The molecule has 0 radical (unpaired) electrons. The van der Waals surface area contributed by atoms with Crippen LogP contribution in [-0.4, -0.2) is 12.1 Å². The molecule has 2 rings (SSSR count). The molecule has 0 bridgehead atoms. The summed E-state index contributed by atoms with van der Waals surface area (Å²) in [5.41, 5.74) is 1.37. The van der Waals surface area contributed by atoms with Gasteiger partial charge in [-0.1, -0.05) is 0 Å². The van der Waals surface area contributed by atoms with E-state index in [1.54, 1.807) is 24.3 Å². The molecule has 124 valence electrons. The van der Waals surface area contributed by atoms with Crippen molar-refractivity contribution in [2.24, 2.45) is 0 Å². The van der Waals surface area contributed by atoms with E-state index in [9.17, 15) is 9.59 Å². The molecule has 8 heteroatoms. The summed E-state index contributed by atoms with van der Waals surface area (Å²) in [7, 11) is 0. The summed E-state index contributed by atoms with van der Waals surface area (Å²) in [6, 6.07) is 14.0.